The van der Waals surface area contributed by atoms with Crippen LogP contribution < -0.4 is 15.2 Å². The third kappa shape index (κ3) is 10.8. The number of carboxylic acids is 1. The van der Waals surface area contributed by atoms with Crippen LogP contribution in [0.5, 0.6) is 11.5 Å². The lowest BCUT2D eigenvalue weighted by Gasteiger charge is -2.32. The van der Waals surface area contributed by atoms with Crippen LogP contribution in [0.2, 0.25) is 0 Å². The first-order chi connectivity index (χ1) is 19.4. The van der Waals surface area contributed by atoms with Crippen LogP contribution in [0.15, 0.2) is 18.2 Å². The number of hydrogen-bond acceptors (Lipinski definition) is 10. The van der Waals surface area contributed by atoms with Crippen molar-refractivity contribution in [2.24, 2.45) is 35.3 Å². The van der Waals surface area contributed by atoms with Crippen molar-refractivity contribution in [2.75, 3.05) is 0 Å². The highest BCUT2D eigenvalue weighted by Gasteiger charge is 2.36. The minimum Gasteiger partial charge on any atom is -0.480 e. The van der Waals surface area contributed by atoms with Crippen LogP contribution in [0.4, 0.5) is 9.59 Å². The van der Waals surface area contributed by atoms with Gasteiger partial charge in [0.2, 0.25) is 0 Å². The van der Waals surface area contributed by atoms with Crippen molar-refractivity contribution >= 4 is 24.2 Å². The second kappa shape index (κ2) is 16.3. The number of hydrogen-bond donors (Lipinski definition) is 2. The molecular weight excluding hydrogens is 546 g/mol. The lowest BCUT2D eigenvalue weighted by atomic mass is 9.79. The summed E-state index contributed by atoms with van der Waals surface area (Å²) >= 11 is 0. The molecule has 0 saturated carbocycles. The Labute approximate surface area is 249 Å². The van der Waals surface area contributed by atoms with Gasteiger partial charge in [-0.25, -0.2) is 9.59 Å². The zero-order valence-electron chi connectivity index (χ0n) is 26.7. The summed E-state index contributed by atoms with van der Waals surface area (Å²) < 4.78 is 27.1. The van der Waals surface area contributed by atoms with E-state index in [1.165, 1.54) is 18.2 Å². The Morgan fingerprint density at radius 1 is 0.667 bits per heavy atom. The number of carbonyl (C=O) groups excluding carboxylic acids is 3. The van der Waals surface area contributed by atoms with Crippen LogP contribution >= 0.6 is 0 Å². The molecule has 42 heavy (non-hydrogen) atoms. The minimum atomic E-state index is -1.41. The summed E-state index contributed by atoms with van der Waals surface area (Å²) in [5, 5.41) is 9.83. The highest BCUT2D eigenvalue weighted by molar-refractivity contribution is 5.75. The average Bonchev–Trinajstić information content (AvgIpc) is 2.88. The first-order valence-electron chi connectivity index (χ1n) is 14.5. The second-order valence-corrected chi connectivity index (χ2v) is 12.0. The van der Waals surface area contributed by atoms with Crippen LogP contribution in [0.25, 0.3) is 0 Å². The molecule has 0 aromatic heterocycles. The molecule has 0 fully saturated rings. The van der Waals surface area contributed by atoms with Gasteiger partial charge in [-0.05, 0) is 56.2 Å². The maximum absolute atomic E-state index is 12.6. The van der Waals surface area contributed by atoms with E-state index in [1.807, 2.05) is 41.5 Å². The van der Waals surface area contributed by atoms with Crippen molar-refractivity contribution in [3.05, 3.63) is 23.8 Å². The molecule has 238 valence electrons. The topological polar surface area (TPSA) is 161 Å². The molecule has 0 aliphatic rings. The lowest BCUT2D eigenvalue weighted by molar-refractivity contribution is -0.157. The Hall–Kier alpha value is -3.34. The van der Waals surface area contributed by atoms with Gasteiger partial charge in [0.25, 0.3) is 0 Å². The van der Waals surface area contributed by atoms with Gasteiger partial charge in [0.1, 0.15) is 24.4 Å². The smallest absolute Gasteiger partial charge is 0.480 e. The van der Waals surface area contributed by atoms with Crippen molar-refractivity contribution in [3.63, 3.8) is 0 Å². The highest BCUT2D eigenvalue weighted by atomic mass is 16.7. The van der Waals surface area contributed by atoms with Crippen molar-refractivity contribution in [2.45, 2.75) is 106 Å². The molecule has 6 unspecified atom stereocenters. The van der Waals surface area contributed by atoms with Crippen LogP contribution in [0, 0.1) is 29.6 Å². The summed E-state index contributed by atoms with van der Waals surface area (Å²) in [5.74, 6) is -3.77. The van der Waals surface area contributed by atoms with Gasteiger partial charge in [-0.2, -0.15) is 0 Å². The number of ether oxygens (including phenoxy) is 5. The van der Waals surface area contributed by atoms with E-state index in [9.17, 15) is 24.3 Å². The third-order valence-corrected chi connectivity index (χ3v) is 7.83. The van der Waals surface area contributed by atoms with E-state index in [0.29, 0.717) is 5.56 Å². The number of aliphatic carboxylic acids is 1. The zero-order valence-corrected chi connectivity index (χ0v) is 26.7. The van der Waals surface area contributed by atoms with E-state index in [2.05, 4.69) is 0 Å². The molecule has 11 nitrogen and oxygen atoms in total. The molecule has 0 aliphatic carbocycles. The van der Waals surface area contributed by atoms with E-state index in [0.717, 1.165) is 0 Å². The molecule has 1 aromatic carbocycles. The highest BCUT2D eigenvalue weighted by Crippen LogP contribution is 2.38. The first-order valence-corrected chi connectivity index (χ1v) is 14.5. The quantitative estimate of drug-likeness (QED) is 0.144. The molecule has 0 amide bonds. The summed E-state index contributed by atoms with van der Waals surface area (Å²) in [5.41, 5.74) is 6.50. The van der Waals surface area contributed by atoms with E-state index in [1.54, 1.807) is 34.6 Å². The molecular formula is C31H49NO10. The summed E-state index contributed by atoms with van der Waals surface area (Å²) in [6.45, 7) is 19.9. The van der Waals surface area contributed by atoms with E-state index in [4.69, 9.17) is 29.4 Å². The summed E-state index contributed by atoms with van der Waals surface area (Å²) in [4.78, 5) is 49.8. The molecule has 3 N–H and O–H groups in total. The summed E-state index contributed by atoms with van der Waals surface area (Å²) in [7, 11) is 0. The van der Waals surface area contributed by atoms with Crippen molar-refractivity contribution in [1.82, 2.24) is 0 Å². The van der Waals surface area contributed by atoms with Crippen LogP contribution in [-0.2, 0) is 23.8 Å². The molecule has 0 bridgehead atoms. The van der Waals surface area contributed by atoms with E-state index in [-0.39, 0.29) is 35.2 Å². The Morgan fingerprint density at radius 3 is 1.57 bits per heavy atom. The summed E-state index contributed by atoms with van der Waals surface area (Å²) in [6.07, 6.45) is -3.68. The second-order valence-electron chi connectivity index (χ2n) is 12.0. The number of esters is 1. The number of nitrogens with two attached hydrogens (primary N) is 1. The molecule has 0 heterocycles. The molecule has 0 aliphatic heterocycles. The lowest BCUT2D eigenvalue weighted by Crippen LogP contribution is -2.43. The first kappa shape index (κ1) is 36.7. The number of benzene rings is 1. The largest absolute Gasteiger partial charge is 0.514 e. The van der Waals surface area contributed by atoms with Gasteiger partial charge in [-0.3, -0.25) is 9.59 Å². The number of rotatable bonds is 14. The molecule has 0 saturated heterocycles. The zero-order chi connectivity index (χ0) is 32.5. The monoisotopic (exact) mass is 595 g/mol. The van der Waals surface area contributed by atoms with Gasteiger partial charge in [-0.15, -0.1) is 0 Å². The minimum absolute atomic E-state index is 0.00788. The van der Waals surface area contributed by atoms with Gasteiger partial charge in [0, 0.05) is 11.8 Å². The molecule has 11 heteroatoms. The van der Waals surface area contributed by atoms with Gasteiger partial charge in [0.05, 0.1) is 5.92 Å². The normalized spacial score (nSPS) is 16.5. The fraction of sp³-hybridized carbons (Fsp3) is 0.677. The molecule has 0 radical (unpaired) electrons. The average molecular weight is 596 g/mol. The van der Waals surface area contributed by atoms with Crippen molar-refractivity contribution < 1.29 is 48.0 Å². The third-order valence-electron chi connectivity index (χ3n) is 7.83. The predicted molar refractivity (Wildman–Crippen MR) is 156 cm³/mol. The van der Waals surface area contributed by atoms with Crippen LogP contribution in [-0.4, -0.2) is 53.7 Å². The Morgan fingerprint density at radius 2 is 1.14 bits per heavy atom. The van der Waals surface area contributed by atoms with E-state index >= 15 is 0 Å². The van der Waals surface area contributed by atoms with Crippen LogP contribution in [0.1, 0.15) is 87.6 Å². The summed E-state index contributed by atoms with van der Waals surface area (Å²) in [6, 6.07) is 2.83. The van der Waals surface area contributed by atoms with Gasteiger partial charge < -0.3 is 34.5 Å². The predicted octanol–water partition coefficient (Wildman–Crippen LogP) is 6.16. The van der Waals surface area contributed by atoms with Gasteiger partial charge >= 0.3 is 24.2 Å². The maximum atomic E-state index is 12.6. The Balaban J connectivity index is 3.50. The Kier molecular flexibility index (Phi) is 14.3. The molecule has 1 rings (SSSR count). The molecule has 7 atom stereocenters. The van der Waals surface area contributed by atoms with Crippen LogP contribution in [0.3, 0.4) is 0 Å². The molecule has 1 aromatic rings. The number of carboxylic acid groups (broad SMARTS) is 1. The number of carbonyl (C=O) groups is 4. The standard InChI is InChI=1S/C31H49NO10/c1-15(2)18(7)29(35)38-22(11)19(8)26(27(32)28(33)34)23-12-13-24(41-30(36)39-20(9)16(3)4)25(14-23)42-31(37)40-21(10)17(5)6/h12-22,26-27H,32H2,1-11H3,(H,33,34)/t18?,19?,20?,21?,22?,26?,27-/m0/s1. The van der Waals surface area contributed by atoms with Crippen molar-refractivity contribution in [1.29, 1.82) is 0 Å². The SMILES string of the molecule is CC(C)C(C)OC(=O)Oc1ccc(C(C(C)C(C)OC(=O)C(C)C(C)C)[C@H](N)C(=O)O)cc1OC(=O)OC(C)C(C)C. The fourth-order valence-electron chi connectivity index (χ4n) is 3.65. The van der Waals surface area contributed by atoms with Crippen molar-refractivity contribution in [3.8, 4) is 11.5 Å². The van der Waals surface area contributed by atoms with E-state index < -0.39 is 60.4 Å². The maximum Gasteiger partial charge on any atom is 0.514 e. The Bertz CT molecular complexity index is 1070. The molecule has 0 spiro atoms. The fourth-order valence-corrected chi connectivity index (χ4v) is 3.65. The van der Waals surface area contributed by atoms with Gasteiger partial charge in [0.15, 0.2) is 11.5 Å². The van der Waals surface area contributed by atoms with Gasteiger partial charge in [-0.1, -0.05) is 61.5 Å².